The molecule has 0 spiro atoms. The maximum absolute atomic E-state index is 12.5. The Labute approximate surface area is 158 Å². The summed E-state index contributed by atoms with van der Waals surface area (Å²) in [6.07, 6.45) is 3.73. The van der Waals surface area contributed by atoms with Crippen LogP contribution in [-0.2, 0) is 4.79 Å². The molecule has 2 aromatic heterocycles. The number of aryl methyl sites for hydroxylation is 1. The molecule has 1 atom stereocenters. The first-order chi connectivity index (χ1) is 12.6. The maximum Gasteiger partial charge on any atom is 0.337 e. The van der Waals surface area contributed by atoms with E-state index in [2.05, 4.69) is 15.0 Å². The molecule has 1 saturated heterocycles. The summed E-state index contributed by atoms with van der Waals surface area (Å²) in [6.45, 7) is 8.96. The van der Waals surface area contributed by atoms with Crippen molar-refractivity contribution in [2.45, 2.75) is 40.0 Å². The fourth-order valence-corrected chi connectivity index (χ4v) is 3.25. The molecule has 0 radical (unpaired) electrons. The molecule has 0 unspecified atom stereocenters. The van der Waals surface area contributed by atoms with Gasteiger partial charge in [0.1, 0.15) is 5.82 Å². The number of carboxylic acid groups (broad SMARTS) is 1. The molecular formula is C20H24N4O3. The van der Waals surface area contributed by atoms with E-state index >= 15 is 0 Å². The first-order valence-corrected chi connectivity index (χ1v) is 8.99. The van der Waals surface area contributed by atoms with Gasteiger partial charge in [-0.3, -0.25) is 9.78 Å². The number of carboxylic acids is 1. The van der Waals surface area contributed by atoms with Crippen molar-refractivity contribution in [3.63, 3.8) is 0 Å². The van der Waals surface area contributed by atoms with Crippen LogP contribution in [0.15, 0.2) is 24.5 Å². The molecule has 1 amide bonds. The fraction of sp³-hybridized carbons (Fsp3) is 0.450. The van der Waals surface area contributed by atoms with E-state index in [-0.39, 0.29) is 17.4 Å². The average Bonchev–Trinajstić information content (AvgIpc) is 3.09. The Morgan fingerprint density at radius 1 is 1.19 bits per heavy atom. The third-order valence-corrected chi connectivity index (χ3v) is 4.63. The third kappa shape index (κ3) is 4.13. The smallest absolute Gasteiger partial charge is 0.337 e. The molecule has 1 N–H and O–H groups in total. The second kappa shape index (κ2) is 7.06. The Morgan fingerprint density at radius 2 is 1.93 bits per heavy atom. The topological polar surface area (TPSA) is 96.3 Å². The number of aromatic nitrogens is 3. The molecule has 1 fully saturated rings. The van der Waals surface area contributed by atoms with Crippen molar-refractivity contribution in [3.8, 4) is 11.3 Å². The van der Waals surface area contributed by atoms with Gasteiger partial charge < -0.3 is 10.0 Å². The van der Waals surface area contributed by atoms with Crippen molar-refractivity contribution in [1.82, 2.24) is 19.9 Å². The first kappa shape index (κ1) is 18.9. The van der Waals surface area contributed by atoms with Gasteiger partial charge in [0, 0.05) is 48.1 Å². The minimum Gasteiger partial charge on any atom is -0.478 e. The number of carbonyl (C=O) groups excluding carboxylic acids is 1. The highest BCUT2D eigenvalue weighted by Crippen LogP contribution is 2.30. The molecule has 0 aromatic carbocycles. The summed E-state index contributed by atoms with van der Waals surface area (Å²) < 4.78 is 0. The molecule has 3 rings (SSSR count). The Bertz CT molecular complexity index is 889. The summed E-state index contributed by atoms with van der Waals surface area (Å²) in [6, 6.07) is 3.38. The number of likely N-dealkylation sites (tertiary alicyclic amines) is 1. The lowest BCUT2D eigenvalue weighted by molar-refractivity contribution is -0.138. The van der Waals surface area contributed by atoms with Gasteiger partial charge in [-0.2, -0.15) is 0 Å². The van der Waals surface area contributed by atoms with Crippen LogP contribution >= 0.6 is 0 Å². The van der Waals surface area contributed by atoms with E-state index in [0.29, 0.717) is 30.2 Å². The number of rotatable bonds is 3. The predicted octanol–water partition coefficient (Wildman–Crippen LogP) is 2.91. The molecule has 7 nitrogen and oxygen atoms in total. The van der Waals surface area contributed by atoms with Gasteiger partial charge in [-0.15, -0.1) is 0 Å². The quantitative estimate of drug-likeness (QED) is 0.895. The second-order valence-electron chi connectivity index (χ2n) is 8.01. The molecule has 0 saturated carbocycles. The molecule has 0 bridgehead atoms. The van der Waals surface area contributed by atoms with Crippen LogP contribution in [0.25, 0.3) is 11.3 Å². The van der Waals surface area contributed by atoms with Crippen LogP contribution in [0.5, 0.6) is 0 Å². The zero-order valence-corrected chi connectivity index (χ0v) is 16.1. The van der Waals surface area contributed by atoms with Crippen molar-refractivity contribution in [1.29, 1.82) is 0 Å². The summed E-state index contributed by atoms with van der Waals surface area (Å²) >= 11 is 0. The number of pyridine rings is 1. The SMILES string of the molecule is Cc1cc(-c2cncc(C(=O)O)c2)nc([C@@H]2CCN(C(=O)C(C)(C)C)C2)n1. The number of carbonyl (C=O) groups is 2. The molecule has 142 valence electrons. The fourth-order valence-electron chi connectivity index (χ4n) is 3.25. The summed E-state index contributed by atoms with van der Waals surface area (Å²) in [5, 5.41) is 9.17. The molecule has 0 aliphatic carbocycles. The highest BCUT2D eigenvalue weighted by atomic mass is 16.4. The summed E-state index contributed by atoms with van der Waals surface area (Å²) in [5.41, 5.74) is 1.80. The molecule has 27 heavy (non-hydrogen) atoms. The van der Waals surface area contributed by atoms with Crippen molar-refractivity contribution >= 4 is 11.9 Å². The van der Waals surface area contributed by atoms with Gasteiger partial charge in [0.2, 0.25) is 5.91 Å². The van der Waals surface area contributed by atoms with E-state index in [9.17, 15) is 14.7 Å². The van der Waals surface area contributed by atoms with Crippen molar-refractivity contribution < 1.29 is 14.7 Å². The van der Waals surface area contributed by atoms with Gasteiger partial charge in [0.15, 0.2) is 0 Å². The standard InChI is InChI=1S/C20H24N4O3/c1-12-7-16(14-8-15(18(25)26)10-21-9-14)23-17(22-12)13-5-6-24(11-13)19(27)20(2,3)4/h7-10,13H,5-6,11H2,1-4H3,(H,25,26)/t13-/m1/s1. The number of aromatic carboxylic acids is 1. The van der Waals surface area contributed by atoms with Crippen LogP contribution in [0.3, 0.4) is 0 Å². The van der Waals surface area contributed by atoms with Gasteiger partial charge in [-0.25, -0.2) is 14.8 Å². The van der Waals surface area contributed by atoms with E-state index in [1.54, 1.807) is 12.3 Å². The van der Waals surface area contributed by atoms with Gasteiger partial charge >= 0.3 is 5.97 Å². The third-order valence-electron chi connectivity index (χ3n) is 4.63. The molecule has 1 aliphatic heterocycles. The maximum atomic E-state index is 12.5. The van der Waals surface area contributed by atoms with E-state index < -0.39 is 11.4 Å². The van der Waals surface area contributed by atoms with Crippen LogP contribution in [0.2, 0.25) is 0 Å². The Hall–Kier alpha value is -2.83. The van der Waals surface area contributed by atoms with Gasteiger partial charge in [-0.05, 0) is 25.5 Å². The van der Waals surface area contributed by atoms with Crippen molar-refractivity contribution in [2.75, 3.05) is 13.1 Å². The first-order valence-electron chi connectivity index (χ1n) is 8.99. The molecule has 3 heterocycles. The zero-order valence-electron chi connectivity index (χ0n) is 16.1. The lowest BCUT2D eigenvalue weighted by atomic mass is 9.95. The van der Waals surface area contributed by atoms with Crippen LogP contribution in [0, 0.1) is 12.3 Å². The Morgan fingerprint density at radius 3 is 2.59 bits per heavy atom. The van der Waals surface area contributed by atoms with E-state index in [1.165, 1.54) is 6.20 Å². The van der Waals surface area contributed by atoms with E-state index in [1.807, 2.05) is 38.7 Å². The average molecular weight is 368 g/mol. The molecule has 2 aromatic rings. The van der Waals surface area contributed by atoms with E-state index in [4.69, 9.17) is 0 Å². The highest BCUT2D eigenvalue weighted by Gasteiger charge is 2.34. The summed E-state index contributed by atoms with van der Waals surface area (Å²) in [4.78, 5) is 38.8. The number of hydrogen-bond donors (Lipinski definition) is 1. The number of hydrogen-bond acceptors (Lipinski definition) is 5. The minimum atomic E-state index is -1.03. The van der Waals surface area contributed by atoms with Crippen molar-refractivity contribution in [2.24, 2.45) is 5.41 Å². The molecular weight excluding hydrogens is 344 g/mol. The lowest BCUT2D eigenvalue weighted by Crippen LogP contribution is -2.37. The Kier molecular flexibility index (Phi) is 4.95. The normalized spacial score (nSPS) is 17.2. The molecule has 7 heteroatoms. The second-order valence-corrected chi connectivity index (χ2v) is 8.01. The molecule has 1 aliphatic rings. The summed E-state index contributed by atoms with van der Waals surface area (Å²) in [5.74, 6) is -0.126. The highest BCUT2D eigenvalue weighted by molar-refractivity contribution is 5.88. The Balaban J connectivity index is 1.88. The van der Waals surface area contributed by atoms with E-state index in [0.717, 1.165) is 12.1 Å². The number of nitrogens with zero attached hydrogens (tertiary/aromatic N) is 4. The number of amides is 1. The largest absolute Gasteiger partial charge is 0.478 e. The van der Waals surface area contributed by atoms with Crippen LogP contribution in [0.4, 0.5) is 0 Å². The van der Waals surface area contributed by atoms with Gasteiger partial charge in [0.25, 0.3) is 0 Å². The van der Waals surface area contributed by atoms with Gasteiger partial charge in [-0.1, -0.05) is 20.8 Å². The minimum absolute atomic E-state index is 0.0746. The summed E-state index contributed by atoms with van der Waals surface area (Å²) in [7, 11) is 0. The van der Waals surface area contributed by atoms with Crippen LogP contribution < -0.4 is 0 Å². The van der Waals surface area contributed by atoms with Crippen LogP contribution in [-0.4, -0.2) is 49.9 Å². The zero-order chi connectivity index (χ0) is 19.8. The lowest BCUT2D eigenvalue weighted by Gasteiger charge is -2.25. The predicted molar refractivity (Wildman–Crippen MR) is 100 cm³/mol. The van der Waals surface area contributed by atoms with Crippen molar-refractivity contribution in [3.05, 3.63) is 41.6 Å². The van der Waals surface area contributed by atoms with Crippen LogP contribution in [0.1, 0.15) is 55.0 Å². The monoisotopic (exact) mass is 368 g/mol. The van der Waals surface area contributed by atoms with Gasteiger partial charge in [0.05, 0.1) is 11.3 Å².